The van der Waals surface area contributed by atoms with Crippen LogP contribution in [0.15, 0.2) is 30.5 Å². The Labute approximate surface area is 102 Å². The molecule has 2 aromatic rings. The number of rotatable bonds is 1. The van der Waals surface area contributed by atoms with Crippen LogP contribution in [0.3, 0.4) is 0 Å². The van der Waals surface area contributed by atoms with Crippen molar-refractivity contribution in [1.29, 1.82) is 0 Å². The monoisotopic (exact) mass is 228 g/mol. The maximum Gasteiger partial charge on any atom is 0.0489 e. The number of hydrogen-bond acceptors (Lipinski definition) is 1. The summed E-state index contributed by atoms with van der Waals surface area (Å²) < 4.78 is 0. The molecule has 0 bridgehead atoms. The Balaban J connectivity index is 2.00. The van der Waals surface area contributed by atoms with Gasteiger partial charge in [0.15, 0.2) is 0 Å². The minimum absolute atomic E-state index is 0.619. The molecule has 0 saturated carbocycles. The molecule has 3 rings (SSSR count). The van der Waals surface area contributed by atoms with Crippen molar-refractivity contribution in [1.82, 2.24) is 10.3 Å². The van der Waals surface area contributed by atoms with Crippen molar-refractivity contribution in [3.8, 4) is 0 Å². The van der Waals surface area contributed by atoms with Gasteiger partial charge >= 0.3 is 0 Å². The lowest BCUT2D eigenvalue weighted by atomic mass is 9.83. The Morgan fingerprint density at radius 3 is 2.59 bits per heavy atom. The summed E-state index contributed by atoms with van der Waals surface area (Å²) in [6.07, 6.45) is 4.52. The highest BCUT2D eigenvalue weighted by Gasteiger charge is 2.25. The number of aromatic nitrogens is 1. The molecule has 1 fully saturated rings. The Hall–Kier alpha value is -1.28. The summed E-state index contributed by atoms with van der Waals surface area (Å²) in [6, 6.07) is 10.1. The van der Waals surface area contributed by atoms with Gasteiger partial charge in [-0.15, -0.1) is 0 Å². The highest BCUT2D eigenvalue weighted by molar-refractivity contribution is 5.83. The molecule has 2 atom stereocenters. The molecule has 0 aliphatic carbocycles. The van der Waals surface area contributed by atoms with Gasteiger partial charge in [-0.1, -0.05) is 18.2 Å². The summed E-state index contributed by atoms with van der Waals surface area (Å²) in [7, 11) is 0. The first-order valence-corrected chi connectivity index (χ1v) is 6.56. The van der Waals surface area contributed by atoms with Crippen molar-refractivity contribution in [2.24, 2.45) is 0 Å². The lowest BCUT2D eigenvalue weighted by molar-refractivity contribution is 0.318. The molecule has 2 unspecified atom stereocenters. The highest BCUT2D eigenvalue weighted by atomic mass is 15.0. The molecule has 1 aliphatic rings. The summed E-state index contributed by atoms with van der Waals surface area (Å²) >= 11 is 0. The quantitative estimate of drug-likeness (QED) is 0.769. The number of aromatic amines is 1. The normalized spacial score (nSPS) is 29.6. The van der Waals surface area contributed by atoms with E-state index in [1.54, 1.807) is 0 Å². The van der Waals surface area contributed by atoms with E-state index in [0.29, 0.717) is 18.0 Å². The summed E-state index contributed by atoms with van der Waals surface area (Å²) in [5, 5.41) is 4.95. The number of para-hydroxylation sites is 1. The predicted molar refractivity (Wildman–Crippen MR) is 72.3 cm³/mol. The van der Waals surface area contributed by atoms with Gasteiger partial charge in [0.25, 0.3) is 0 Å². The van der Waals surface area contributed by atoms with E-state index in [4.69, 9.17) is 0 Å². The maximum absolute atomic E-state index is 3.61. The highest BCUT2D eigenvalue weighted by Crippen LogP contribution is 2.33. The minimum Gasteiger partial charge on any atom is -0.361 e. The summed E-state index contributed by atoms with van der Waals surface area (Å²) in [4.78, 5) is 3.39. The third kappa shape index (κ3) is 1.98. The van der Waals surface area contributed by atoms with E-state index >= 15 is 0 Å². The molecule has 17 heavy (non-hydrogen) atoms. The van der Waals surface area contributed by atoms with E-state index in [1.807, 2.05) is 6.20 Å². The molecule has 2 heterocycles. The van der Waals surface area contributed by atoms with Crippen molar-refractivity contribution in [2.75, 3.05) is 0 Å². The average Bonchev–Trinajstić information content (AvgIpc) is 2.75. The fraction of sp³-hybridized carbons (Fsp3) is 0.467. The lowest BCUT2D eigenvalue weighted by Crippen LogP contribution is -2.41. The van der Waals surface area contributed by atoms with Gasteiger partial charge in [0.1, 0.15) is 0 Å². The predicted octanol–water partition coefficient (Wildman–Crippen LogP) is 3.41. The topological polar surface area (TPSA) is 27.8 Å². The van der Waals surface area contributed by atoms with Crippen LogP contribution in [0.1, 0.15) is 38.2 Å². The fourth-order valence-electron chi connectivity index (χ4n) is 3.27. The van der Waals surface area contributed by atoms with E-state index in [2.05, 4.69) is 48.4 Å². The molecule has 1 aliphatic heterocycles. The van der Waals surface area contributed by atoms with Crippen molar-refractivity contribution in [2.45, 2.75) is 44.7 Å². The Morgan fingerprint density at radius 1 is 1.06 bits per heavy atom. The molecule has 2 N–H and O–H groups in total. The fourth-order valence-corrected chi connectivity index (χ4v) is 3.27. The van der Waals surface area contributed by atoms with Crippen LogP contribution in [0.5, 0.6) is 0 Å². The number of nitrogens with one attached hydrogen (secondary N) is 2. The Bertz CT molecular complexity index is 504. The number of hydrogen-bond donors (Lipinski definition) is 2. The summed E-state index contributed by atoms with van der Waals surface area (Å²) in [5.74, 6) is 0.684. The van der Waals surface area contributed by atoms with Gasteiger partial charge in [0, 0.05) is 23.8 Å². The Morgan fingerprint density at radius 2 is 1.82 bits per heavy atom. The summed E-state index contributed by atoms with van der Waals surface area (Å²) in [6.45, 7) is 4.58. The van der Waals surface area contributed by atoms with Gasteiger partial charge in [-0.05, 0) is 49.6 Å². The number of H-pyrrole nitrogens is 1. The largest absolute Gasteiger partial charge is 0.361 e. The zero-order valence-electron chi connectivity index (χ0n) is 10.5. The van der Waals surface area contributed by atoms with Crippen LogP contribution in [0.2, 0.25) is 0 Å². The molecule has 2 heteroatoms. The maximum atomic E-state index is 3.61. The van der Waals surface area contributed by atoms with Gasteiger partial charge in [0.05, 0.1) is 0 Å². The van der Waals surface area contributed by atoms with Gasteiger partial charge < -0.3 is 10.3 Å². The van der Waals surface area contributed by atoms with E-state index in [9.17, 15) is 0 Å². The first kappa shape index (κ1) is 10.8. The Kier molecular flexibility index (Phi) is 2.67. The molecule has 1 aromatic carbocycles. The standard InChI is InChI=1S/C15H20N2/c1-10-8-13(9-11(2)17-10)14-5-3-4-12-6-7-16-15(12)14/h3-7,10-11,13,16-17H,8-9H2,1-2H3. The third-order valence-electron chi connectivity index (χ3n) is 3.90. The zero-order chi connectivity index (χ0) is 11.8. The van der Waals surface area contributed by atoms with Gasteiger partial charge in [-0.3, -0.25) is 0 Å². The summed E-state index contributed by atoms with van der Waals surface area (Å²) in [5.41, 5.74) is 2.83. The molecule has 1 aromatic heterocycles. The minimum atomic E-state index is 0.619. The van der Waals surface area contributed by atoms with Gasteiger partial charge in [-0.2, -0.15) is 0 Å². The van der Waals surface area contributed by atoms with E-state index in [0.717, 1.165) is 0 Å². The van der Waals surface area contributed by atoms with E-state index in [1.165, 1.54) is 29.3 Å². The second-order valence-corrected chi connectivity index (χ2v) is 5.43. The molecule has 0 spiro atoms. The average molecular weight is 228 g/mol. The van der Waals surface area contributed by atoms with Crippen molar-refractivity contribution >= 4 is 10.9 Å². The number of fused-ring (bicyclic) bond motifs is 1. The van der Waals surface area contributed by atoms with Crippen LogP contribution in [0.25, 0.3) is 10.9 Å². The van der Waals surface area contributed by atoms with E-state index in [-0.39, 0.29) is 0 Å². The molecule has 90 valence electrons. The van der Waals surface area contributed by atoms with Gasteiger partial charge in [-0.25, -0.2) is 0 Å². The molecular weight excluding hydrogens is 208 g/mol. The molecule has 1 saturated heterocycles. The van der Waals surface area contributed by atoms with Crippen LogP contribution in [-0.2, 0) is 0 Å². The second kappa shape index (κ2) is 4.19. The second-order valence-electron chi connectivity index (χ2n) is 5.43. The third-order valence-corrected chi connectivity index (χ3v) is 3.90. The van der Waals surface area contributed by atoms with Crippen molar-refractivity contribution in [3.63, 3.8) is 0 Å². The first-order valence-electron chi connectivity index (χ1n) is 6.56. The molecule has 2 nitrogen and oxygen atoms in total. The van der Waals surface area contributed by atoms with Crippen molar-refractivity contribution in [3.05, 3.63) is 36.0 Å². The van der Waals surface area contributed by atoms with Gasteiger partial charge in [0.2, 0.25) is 0 Å². The number of benzene rings is 1. The van der Waals surface area contributed by atoms with E-state index < -0.39 is 0 Å². The molecule has 0 amide bonds. The van der Waals surface area contributed by atoms with Crippen LogP contribution >= 0.6 is 0 Å². The van der Waals surface area contributed by atoms with Crippen LogP contribution < -0.4 is 5.32 Å². The molecular formula is C15H20N2. The smallest absolute Gasteiger partial charge is 0.0489 e. The lowest BCUT2D eigenvalue weighted by Gasteiger charge is -2.33. The van der Waals surface area contributed by atoms with Crippen LogP contribution in [-0.4, -0.2) is 17.1 Å². The zero-order valence-corrected chi connectivity index (χ0v) is 10.5. The van der Waals surface area contributed by atoms with Crippen molar-refractivity contribution < 1.29 is 0 Å². The number of piperidine rings is 1. The van der Waals surface area contributed by atoms with Crippen LogP contribution in [0.4, 0.5) is 0 Å². The SMILES string of the molecule is CC1CC(c2cccc3cc[nH]c23)CC(C)N1. The first-order chi connectivity index (χ1) is 8.24. The van der Waals surface area contributed by atoms with Crippen LogP contribution in [0, 0.1) is 0 Å². The molecule has 0 radical (unpaired) electrons.